The molecule has 0 fully saturated rings. The summed E-state index contributed by atoms with van der Waals surface area (Å²) < 4.78 is 6.42. The highest BCUT2D eigenvalue weighted by atomic mass is 16.3. The normalized spacial score (nSPS) is 12.9. The van der Waals surface area contributed by atoms with Gasteiger partial charge in [-0.15, -0.1) is 0 Å². The number of fused-ring (bicyclic) bond motifs is 13. The molecule has 0 bridgehead atoms. The highest BCUT2D eigenvalue weighted by Crippen LogP contribution is 2.64. The van der Waals surface area contributed by atoms with Crippen molar-refractivity contribution in [1.82, 2.24) is 0 Å². The van der Waals surface area contributed by atoms with Crippen LogP contribution in [0.3, 0.4) is 0 Å². The van der Waals surface area contributed by atoms with Crippen molar-refractivity contribution < 1.29 is 4.42 Å². The number of nitrogens with zero attached hydrogens (tertiary/aromatic N) is 1. The van der Waals surface area contributed by atoms with E-state index < -0.39 is 0 Å². The number of furan rings is 1. The third kappa shape index (κ3) is 5.25. The summed E-state index contributed by atoms with van der Waals surface area (Å²) in [5.41, 5.74) is 22.4. The summed E-state index contributed by atoms with van der Waals surface area (Å²) in [6, 6.07) is 86.3. The average molecular weight is 802 g/mol. The molecule has 11 aromatic rings. The molecule has 0 N–H and O–H groups in total. The fourth-order valence-corrected chi connectivity index (χ4v) is 10.9. The molecule has 1 heterocycles. The van der Waals surface area contributed by atoms with Crippen molar-refractivity contribution in [2.45, 2.75) is 5.41 Å². The van der Waals surface area contributed by atoms with Crippen LogP contribution in [-0.4, -0.2) is 0 Å². The Labute approximate surface area is 366 Å². The second-order valence-electron chi connectivity index (χ2n) is 16.7. The van der Waals surface area contributed by atoms with Gasteiger partial charge in [0.1, 0.15) is 11.2 Å². The third-order valence-corrected chi connectivity index (χ3v) is 13.5. The number of benzene rings is 10. The fraction of sp³-hybridized carbons (Fsp3) is 0.0164. The van der Waals surface area contributed by atoms with E-state index in [2.05, 4.69) is 229 Å². The van der Waals surface area contributed by atoms with E-state index >= 15 is 0 Å². The minimum Gasteiger partial charge on any atom is -0.456 e. The molecule has 0 saturated carbocycles. The van der Waals surface area contributed by atoms with E-state index in [1.54, 1.807) is 0 Å². The van der Waals surface area contributed by atoms with Crippen LogP contribution in [0.1, 0.15) is 22.3 Å². The molecule has 2 heteroatoms. The number of rotatable bonds is 6. The fourth-order valence-electron chi connectivity index (χ4n) is 10.9. The van der Waals surface area contributed by atoms with Crippen LogP contribution in [0.2, 0.25) is 0 Å². The highest BCUT2D eigenvalue weighted by Gasteiger charge is 2.52. The zero-order valence-corrected chi connectivity index (χ0v) is 34.4. The predicted molar refractivity (Wildman–Crippen MR) is 261 cm³/mol. The van der Waals surface area contributed by atoms with Crippen LogP contribution in [0, 0.1) is 0 Å². The molecule has 63 heavy (non-hydrogen) atoms. The van der Waals surface area contributed by atoms with Gasteiger partial charge < -0.3 is 9.32 Å². The minimum absolute atomic E-state index is 0.389. The van der Waals surface area contributed by atoms with E-state index in [1.165, 1.54) is 72.3 Å². The molecule has 13 rings (SSSR count). The second-order valence-corrected chi connectivity index (χ2v) is 16.7. The van der Waals surface area contributed by atoms with Gasteiger partial charge in [-0.3, -0.25) is 0 Å². The quantitative estimate of drug-likeness (QED) is 0.167. The lowest BCUT2D eigenvalue weighted by Gasteiger charge is -2.30. The largest absolute Gasteiger partial charge is 0.456 e. The van der Waals surface area contributed by atoms with Crippen LogP contribution < -0.4 is 4.90 Å². The number of anilines is 3. The molecule has 10 aromatic carbocycles. The maximum absolute atomic E-state index is 6.42. The number of hydrogen-bond acceptors (Lipinski definition) is 2. The number of para-hydroxylation sites is 1. The first kappa shape index (κ1) is 35.5. The SMILES string of the molecule is c1ccc(-c2ccc(N(c3ccc(-c4ccccc4-c4cccc5c4-c4ccccc4C54c5ccccc5-c5ccccc54)cc3)c3ccc4c(c3)oc3ccccc34)cc2)cc1. The minimum atomic E-state index is -0.389. The topological polar surface area (TPSA) is 16.4 Å². The highest BCUT2D eigenvalue weighted by molar-refractivity contribution is 6.06. The van der Waals surface area contributed by atoms with Gasteiger partial charge in [-0.05, 0) is 120 Å². The van der Waals surface area contributed by atoms with Gasteiger partial charge in [0, 0.05) is 33.9 Å². The molecule has 2 aliphatic carbocycles. The van der Waals surface area contributed by atoms with E-state index in [9.17, 15) is 0 Å². The van der Waals surface area contributed by atoms with Crippen molar-refractivity contribution in [2.24, 2.45) is 0 Å². The molecule has 0 atom stereocenters. The molecule has 0 aliphatic heterocycles. The Balaban J connectivity index is 0.943. The van der Waals surface area contributed by atoms with E-state index in [0.717, 1.165) is 44.6 Å². The van der Waals surface area contributed by atoms with Gasteiger partial charge in [-0.25, -0.2) is 0 Å². The Bertz CT molecular complexity index is 3510. The Morgan fingerprint density at radius 1 is 0.286 bits per heavy atom. The Kier molecular flexibility index (Phi) is 7.85. The molecule has 1 spiro atoms. The van der Waals surface area contributed by atoms with E-state index in [1.807, 2.05) is 12.1 Å². The van der Waals surface area contributed by atoms with E-state index in [-0.39, 0.29) is 5.41 Å². The van der Waals surface area contributed by atoms with Crippen LogP contribution in [0.15, 0.2) is 241 Å². The van der Waals surface area contributed by atoms with Gasteiger partial charge in [-0.1, -0.05) is 188 Å². The third-order valence-electron chi connectivity index (χ3n) is 13.5. The molecule has 0 amide bonds. The molecular weight excluding hydrogens is 763 g/mol. The zero-order valence-electron chi connectivity index (χ0n) is 34.4. The van der Waals surface area contributed by atoms with Crippen LogP contribution in [0.5, 0.6) is 0 Å². The summed E-state index contributed by atoms with van der Waals surface area (Å²) in [5, 5.41) is 2.24. The number of hydrogen-bond donors (Lipinski definition) is 0. The molecule has 0 radical (unpaired) electrons. The lowest BCUT2D eigenvalue weighted by atomic mass is 9.70. The van der Waals surface area contributed by atoms with Crippen molar-refractivity contribution >= 4 is 39.0 Å². The van der Waals surface area contributed by atoms with Crippen molar-refractivity contribution in [3.8, 4) is 55.6 Å². The summed E-state index contributed by atoms with van der Waals surface area (Å²) in [6.07, 6.45) is 0. The first-order valence-corrected chi connectivity index (χ1v) is 21.8. The smallest absolute Gasteiger partial charge is 0.137 e. The van der Waals surface area contributed by atoms with Crippen molar-refractivity contribution in [2.75, 3.05) is 4.90 Å². The zero-order chi connectivity index (χ0) is 41.5. The van der Waals surface area contributed by atoms with Crippen LogP contribution in [0.25, 0.3) is 77.6 Å². The van der Waals surface area contributed by atoms with E-state index in [4.69, 9.17) is 4.42 Å². The lowest BCUT2D eigenvalue weighted by Crippen LogP contribution is -2.25. The van der Waals surface area contributed by atoms with Gasteiger partial charge in [0.25, 0.3) is 0 Å². The van der Waals surface area contributed by atoms with Crippen LogP contribution in [-0.2, 0) is 5.41 Å². The lowest BCUT2D eigenvalue weighted by molar-refractivity contribution is 0.669. The Hall–Kier alpha value is -8.20. The Morgan fingerprint density at radius 3 is 1.46 bits per heavy atom. The summed E-state index contributed by atoms with van der Waals surface area (Å²) in [4.78, 5) is 2.33. The molecule has 0 unspecified atom stereocenters. The monoisotopic (exact) mass is 801 g/mol. The summed E-state index contributed by atoms with van der Waals surface area (Å²) in [7, 11) is 0. The summed E-state index contributed by atoms with van der Waals surface area (Å²) in [6.45, 7) is 0. The molecule has 294 valence electrons. The van der Waals surface area contributed by atoms with E-state index in [0.29, 0.717) is 0 Å². The van der Waals surface area contributed by atoms with Gasteiger partial charge >= 0.3 is 0 Å². The molecule has 0 saturated heterocycles. The van der Waals surface area contributed by atoms with Crippen molar-refractivity contribution in [3.05, 3.63) is 259 Å². The van der Waals surface area contributed by atoms with Crippen molar-refractivity contribution in [3.63, 3.8) is 0 Å². The summed E-state index contributed by atoms with van der Waals surface area (Å²) >= 11 is 0. The van der Waals surface area contributed by atoms with Gasteiger partial charge in [0.15, 0.2) is 0 Å². The maximum Gasteiger partial charge on any atom is 0.137 e. The first-order chi connectivity index (χ1) is 31.3. The van der Waals surface area contributed by atoms with Crippen LogP contribution >= 0.6 is 0 Å². The molecular formula is C61H39NO. The van der Waals surface area contributed by atoms with Crippen molar-refractivity contribution in [1.29, 1.82) is 0 Å². The maximum atomic E-state index is 6.42. The Morgan fingerprint density at radius 2 is 0.762 bits per heavy atom. The first-order valence-electron chi connectivity index (χ1n) is 21.8. The summed E-state index contributed by atoms with van der Waals surface area (Å²) in [5.74, 6) is 0. The standard InChI is InChI=1S/C61H39NO/c1-2-15-40(16-3-1)41-29-33-43(34-30-41)62(45-37-38-51-50-21-9-13-28-58(50)63-59(51)39-45)44-35-31-42(32-36-44)46-17-4-5-18-47(46)52-23-14-27-57-60(52)53-22-8-12-26-56(53)61(57)54-24-10-6-19-48(54)49-20-7-11-25-55(49)61/h1-39H. The molecule has 1 aromatic heterocycles. The molecule has 2 nitrogen and oxygen atoms in total. The van der Waals surface area contributed by atoms with Gasteiger partial charge in [0.2, 0.25) is 0 Å². The van der Waals surface area contributed by atoms with Crippen LogP contribution in [0.4, 0.5) is 17.1 Å². The second kappa shape index (κ2) is 13.9. The predicted octanol–water partition coefficient (Wildman–Crippen LogP) is 16.4. The molecule has 2 aliphatic rings. The van der Waals surface area contributed by atoms with Gasteiger partial charge in [-0.2, -0.15) is 0 Å². The average Bonchev–Trinajstić information content (AvgIpc) is 3.99. The van der Waals surface area contributed by atoms with Gasteiger partial charge in [0.05, 0.1) is 5.41 Å².